The molecule has 27 heavy (non-hydrogen) atoms. The molecule has 0 saturated heterocycles. The quantitative estimate of drug-likeness (QED) is 0.548. The van der Waals surface area contributed by atoms with Crippen molar-refractivity contribution in [2.45, 2.75) is 13.3 Å². The predicted octanol–water partition coefficient (Wildman–Crippen LogP) is 3.53. The zero-order valence-electron chi connectivity index (χ0n) is 14.8. The highest BCUT2D eigenvalue weighted by Crippen LogP contribution is 2.28. The maximum Gasteiger partial charge on any atom is 0.267 e. The first kappa shape index (κ1) is 16.8. The van der Waals surface area contributed by atoms with Gasteiger partial charge in [0.2, 0.25) is 11.7 Å². The van der Waals surface area contributed by atoms with E-state index in [1.807, 2.05) is 49.4 Å². The molecule has 0 aliphatic carbocycles. The number of rotatable bonds is 4. The van der Waals surface area contributed by atoms with Crippen molar-refractivity contribution in [1.29, 1.82) is 0 Å². The zero-order chi connectivity index (χ0) is 19.0. The molecule has 0 spiro atoms. The Morgan fingerprint density at radius 3 is 2.74 bits per heavy atom. The number of hydrogen-bond acceptors (Lipinski definition) is 3. The van der Waals surface area contributed by atoms with E-state index in [0.717, 1.165) is 16.7 Å². The number of imidazole rings is 1. The standard InChI is InChI=1S/C21H18N4O2/c1-3-14-19(13-9-5-6-10-15(13)22-18(26)4-2)20(27)25-17-12-8-7-11-16(17)24-21(25)23-14/h4-12H,2-3H2,1H3,(H,22,26)(H,23,24). The molecule has 0 radical (unpaired) electrons. The van der Waals surface area contributed by atoms with E-state index in [1.54, 1.807) is 10.5 Å². The number of nitrogens with zero attached hydrogens (tertiary/aromatic N) is 2. The number of amides is 1. The van der Waals surface area contributed by atoms with Crippen LogP contribution < -0.4 is 10.9 Å². The Hall–Kier alpha value is -3.67. The van der Waals surface area contributed by atoms with Gasteiger partial charge in [-0.15, -0.1) is 0 Å². The largest absolute Gasteiger partial charge is 0.328 e. The summed E-state index contributed by atoms with van der Waals surface area (Å²) in [7, 11) is 0. The van der Waals surface area contributed by atoms with Crippen LogP contribution in [0.3, 0.4) is 0 Å². The van der Waals surface area contributed by atoms with E-state index in [2.05, 4.69) is 21.9 Å². The summed E-state index contributed by atoms with van der Waals surface area (Å²) < 4.78 is 1.58. The molecule has 134 valence electrons. The molecule has 6 nitrogen and oxygen atoms in total. The topological polar surface area (TPSA) is 79.3 Å². The number of aryl methyl sites for hydroxylation is 1. The summed E-state index contributed by atoms with van der Waals surface area (Å²) >= 11 is 0. The van der Waals surface area contributed by atoms with Crippen LogP contribution in [0.1, 0.15) is 12.6 Å². The SMILES string of the molecule is C=CC(=O)Nc1ccccc1-c1c(CC)[nH]c2nc3ccccc3n2c1=O. The third kappa shape index (κ3) is 2.71. The third-order valence-corrected chi connectivity index (χ3v) is 4.54. The normalized spacial score (nSPS) is 11.0. The monoisotopic (exact) mass is 358 g/mol. The molecule has 4 rings (SSSR count). The van der Waals surface area contributed by atoms with Gasteiger partial charge in [0.25, 0.3) is 5.56 Å². The molecule has 2 N–H and O–H groups in total. The summed E-state index contributed by atoms with van der Waals surface area (Å²) in [6.07, 6.45) is 1.82. The first-order chi connectivity index (χ1) is 13.1. The number of aromatic amines is 1. The number of carbonyl (C=O) groups excluding carboxylic acids is 1. The second-order valence-electron chi connectivity index (χ2n) is 6.14. The first-order valence-electron chi connectivity index (χ1n) is 8.69. The van der Waals surface area contributed by atoms with E-state index in [4.69, 9.17) is 0 Å². The average molecular weight is 358 g/mol. The van der Waals surface area contributed by atoms with Crippen molar-refractivity contribution in [3.8, 4) is 11.1 Å². The van der Waals surface area contributed by atoms with E-state index < -0.39 is 0 Å². The van der Waals surface area contributed by atoms with Gasteiger partial charge >= 0.3 is 0 Å². The summed E-state index contributed by atoms with van der Waals surface area (Å²) in [5.41, 5.74) is 3.83. The van der Waals surface area contributed by atoms with Gasteiger partial charge in [-0.25, -0.2) is 9.38 Å². The molecule has 2 aromatic heterocycles. The lowest BCUT2D eigenvalue weighted by atomic mass is 10.0. The Bertz CT molecular complexity index is 1250. The van der Waals surface area contributed by atoms with Crippen molar-refractivity contribution >= 4 is 28.4 Å². The number of H-pyrrole nitrogens is 1. The van der Waals surface area contributed by atoms with Gasteiger partial charge in [0.05, 0.1) is 16.6 Å². The summed E-state index contributed by atoms with van der Waals surface area (Å²) in [6, 6.07) is 14.8. The van der Waals surface area contributed by atoms with Gasteiger partial charge in [-0.05, 0) is 30.7 Å². The summed E-state index contributed by atoms with van der Waals surface area (Å²) in [5.74, 6) is 0.181. The highest BCUT2D eigenvalue weighted by atomic mass is 16.1. The Balaban J connectivity index is 2.06. The maximum atomic E-state index is 13.5. The molecule has 2 heterocycles. The average Bonchev–Trinajstić information content (AvgIpc) is 3.07. The van der Waals surface area contributed by atoms with Gasteiger partial charge in [-0.1, -0.05) is 43.8 Å². The number of aromatic nitrogens is 3. The van der Waals surface area contributed by atoms with Crippen LogP contribution in [0.25, 0.3) is 27.9 Å². The van der Waals surface area contributed by atoms with Gasteiger partial charge in [0, 0.05) is 16.9 Å². The molecular formula is C21H18N4O2. The minimum atomic E-state index is -0.328. The Kier molecular flexibility index (Phi) is 4.08. The molecule has 2 aromatic carbocycles. The highest BCUT2D eigenvalue weighted by molar-refractivity contribution is 6.01. The van der Waals surface area contributed by atoms with Gasteiger partial charge < -0.3 is 10.3 Å². The van der Waals surface area contributed by atoms with E-state index in [0.29, 0.717) is 29.0 Å². The first-order valence-corrected chi connectivity index (χ1v) is 8.69. The van der Waals surface area contributed by atoms with Crippen molar-refractivity contribution in [3.05, 3.63) is 77.2 Å². The van der Waals surface area contributed by atoms with E-state index in [1.165, 1.54) is 6.08 Å². The van der Waals surface area contributed by atoms with Crippen molar-refractivity contribution in [2.24, 2.45) is 0 Å². The van der Waals surface area contributed by atoms with Crippen molar-refractivity contribution in [2.75, 3.05) is 5.32 Å². The van der Waals surface area contributed by atoms with Gasteiger partial charge in [0.1, 0.15) is 0 Å². The smallest absolute Gasteiger partial charge is 0.267 e. The minimum Gasteiger partial charge on any atom is -0.328 e. The van der Waals surface area contributed by atoms with E-state index in [-0.39, 0.29) is 11.5 Å². The van der Waals surface area contributed by atoms with Crippen LogP contribution in [-0.2, 0) is 11.2 Å². The summed E-state index contributed by atoms with van der Waals surface area (Å²) in [6.45, 7) is 5.46. The molecule has 0 fully saturated rings. The molecule has 0 saturated carbocycles. The lowest BCUT2D eigenvalue weighted by Gasteiger charge is -2.13. The van der Waals surface area contributed by atoms with E-state index in [9.17, 15) is 9.59 Å². The van der Waals surface area contributed by atoms with Crippen molar-refractivity contribution in [1.82, 2.24) is 14.4 Å². The molecule has 0 bridgehead atoms. The molecule has 6 heteroatoms. The van der Waals surface area contributed by atoms with Crippen LogP contribution in [0.5, 0.6) is 0 Å². The second kappa shape index (κ2) is 6.57. The van der Waals surface area contributed by atoms with Crippen LogP contribution in [-0.4, -0.2) is 20.3 Å². The Labute approximate surface area is 155 Å². The number of carbonyl (C=O) groups is 1. The fourth-order valence-corrected chi connectivity index (χ4v) is 3.29. The lowest BCUT2D eigenvalue weighted by Crippen LogP contribution is -2.20. The molecular weight excluding hydrogens is 340 g/mol. The molecule has 0 unspecified atom stereocenters. The fourth-order valence-electron chi connectivity index (χ4n) is 3.29. The van der Waals surface area contributed by atoms with Gasteiger partial charge in [-0.2, -0.15) is 0 Å². The number of anilines is 1. The predicted molar refractivity (Wildman–Crippen MR) is 107 cm³/mol. The number of hydrogen-bond donors (Lipinski definition) is 2. The zero-order valence-corrected chi connectivity index (χ0v) is 14.8. The molecule has 4 aromatic rings. The van der Waals surface area contributed by atoms with Crippen LogP contribution in [0.4, 0.5) is 5.69 Å². The number of nitrogens with one attached hydrogen (secondary N) is 2. The number of fused-ring (bicyclic) bond motifs is 3. The van der Waals surface area contributed by atoms with Crippen molar-refractivity contribution < 1.29 is 4.79 Å². The number of benzene rings is 2. The molecule has 0 aliphatic rings. The second-order valence-corrected chi connectivity index (χ2v) is 6.14. The number of para-hydroxylation sites is 3. The summed E-state index contributed by atoms with van der Waals surface area (Å²) in [4.78, 5) is 33.1. The van der Waals surface area contributed by atoms with Gasteiger partial charge in [-0.3, -0.25) is 9.59 Å². The van der Waals surface area contributed by atoms with E-state index >= 15 is 0 Å². The van der Waals surface area contributed by atoms with Crippen LogP contribution in [0.15, 0.2) is 66.0 Å². The van der Waals surface area contributed by atoms with Crippen molar-refractivity contribution in [3.63, 3.8) is 0 Å². The molecule has 1 amide bonds. The lowest BCUT2D eigenvalue weighted by molar-refractivity contribution is -0.111. The highest BCUT2D eigenvalue weighted by Gasteiger charge is 2.18. The minimum absolute atomic E-state index is 0.172. The summed E-state index contributed by atoms with van der Waals surface area (Å²) in [5, 5.41) is 2.78. The maximum absolute atomic E-state index is 13.5. The molecule has 0 aliphatic heterocycles. The van der Waals surface area contributed by atoms with Crippen LogP contribution >= 0.6 is 0 Å². The Morgan fingerprint density at radius 1 is 1.22 bits per heavy atom. The Morgan fingerprint density at radius 2 is 1.96 bits per heavy atom. The van der Waals surface area contributed by atoms with Crippen LogP contribution in [0.2, 0.25) is 0 Å². The molecule has 0 atom stereocenters. The fraction of sp³-hybridized carbons (Fsp3) is 0.0952. The van der Waals surface area contributed by atoms with Gasteiger partial charge in [0.15, 0.2) is 0 Å². The van der Waals surface area contributed by atoms with Crippen LogP contribution in [0, 0.1) is 0 Å². The third-order valence-electron chi connectivity index (χ3n) is 4.54.